The van der Waals surface area contributed by atoms with E-state index in [4.69, 9.17) is 9.47 Å². The summed E-state index contributed by atoms with van der Waals surface area (Å²) in [4.78, 5) is 16.2. The summed E-state index contributed by atoms with van der Waals surface area (Å²) in [5, 5.41) is 2.83. The number of aryl methyl sites for hydroxylation is 1. The molecule has 0 spiro atoms. The number of pyridine rings is 1. The molecule has 0 saturated carbocycles. The Morgan fingerprint density at radius 1 is 1.07 bits per heavy atom. The number of carbonyl (C=O) groups is 1. The number of rotatable bonds is 8. The molecule has 0 aliphatic rings. The van der Waals surface area contributed by atoms with E-state index in [9.17, 15) is 9.18 Å². The zero-order valence-corrected chi connectivity index (χ0v) is 15.5. The Labute approximate surface area is 163 Å². The van der Waals surface area contributed by atoms with E-state index in [1.54, 1.807) is 67.9 Å². The van der Waals surface area contributed by atoms with Crippen molar-refractivity contribution < 1.29 is 18.7 Å². The predicted octanol–water partition coefficient (Wildman–Crippen LogP) is 4.27. The van der Waals surface area contributed by atoms with Crippen LogP contribution in [0.15, 0.2) is 66.9 Å². The summed E-state index contributed by atoms with van der Waals surface area (Å²) < 4.78 is 24.4. The van der Waals surface area contributed by atoms with Gasteiger partial charge in [0, 0.05) is 25.2 Å². The van der Waals surface area contributed by atoms with Crippen molar-refractivity contribution >= 4 is 5.91 Å². The monoisotopic (exact) mass is 380 g/mol. The van der Waals surface area contributed by atoms with Crippen LogP contribution in [0.3, 0.4) is 0 Å². The standard InChI is InChI=1S/C22H21FN2O3/c1-27-18-7-9-19(10-8-18)28-22-14-16(12-13-24-22)15-25-21(26)11-6-17-4-2-3-5-20(17)23/h2-5,7-10,12-14H,6,11,15H2,1H3,(H,25,26). The van der Waals surface area contributed by atoms with Gasteiger partial charge in [-0.3, -0.25) is 4.79 Å². The van der Waals surface area contributed by atoms with Gasteiger partial charge in [0.2, 0.25) is 11.8 Å². The molecule has 0 bridgehead atoms. The summed E-state index contributed by atoms with van der Waals surface area (Å²) in [6.07, 6.45) is 2.21. The molecule has 1 amide bonds. The van der Waals surface area contributed by atoms with E-state index in [1.165, 1.54) is 6.07 Å². The molecule has 0 aliphatic carbocycles. The second-order valence-corrected chi connectivity index (χ2v) is 6.15. The van der Waals surface area contributed by atoms with Crippen molar-refractivity contribution in [3.8, 4) is 17.4 Å². The third-order valence-electron chi connectivity index (χ3n) is 4.15. The first-order valence-electron chi connectivity index (χ1n) is 8.91. The Hall–Kier alpha value is -3.41. The molecule has 0 unspecified atom stereocenters. The lowest BCUT2D eigenvalue weighted by Gasteiger charge is -2.09. The number of hydrogen-bond acceptors (Lipinski definition) is 4. The Morgan fingerprint density at radius 3 is 2.57 bits per heavy atom. The van der Waals surface area contributed by atoms with Crippen LogP contribution in [0.25, 0.3) is 0 Å². The van der Waals surface area contributed by atoms with Gasteiger partial charge in [0.25, 0.3) is 0 Å². The van der Waals surface area contributed by atoms with Crippen LogP contribution in [-0.2, 0) is 17.8 Å². The molecule has 1 aromatic heterocycles. The van der Waals surface area contributed by atoms with E-state index in [2.05, 4.69) is 10.3 Å². The highest BCUT2D eigenvalue weighted by atomic mass is 19.1. The zero-order valence-electron chi connectivity index (χ0n) is 15.5. The zero-order chi connectivity index (χ0) is 19.8. The molecule has 144 valence electrons. The molecule has 0 saturated heterocycles. The molecule has 1 heterocycles. The SMILES string of the molecule is COc1ccc(Oc2cc(CNC(=O)CCc3ccccc3F)ccn2)cc1. The van der Waals surface area contributed by atoms with Crippen LogP contribution in [0.5, 0.6) is 17.4 Å². The first kappa shape index (κ1) is 19.4. The number of nitrogens with zero attached hydrogens (tertiary/aromatic N) is 1. The molecule has 6 heteroatoms. The third-order valence-corrected chi connectivity index (χ3v) is 4.15. The molecular weight excluding hydrogens is 359 g/mol. The molecule has 0 aliphatic heterocycles. The summed E-state index contributed by atoms with van der Waals surface area (Å²) in [5.74, 6) is 1.39. The number of amides is 1. The van der Waals surface area contributed by atoms with Gasteiger partial charge in [0.15, 0.2) is 0 Å². The smallest absolute Gasteiger partial charge is 0.220 e. The summed E-state index contributed by atoms with van der Waals surface area (Å²) in [5.41, 5.74) is 1.40. The van der Waals surface area contributed by atoms with Gasteiger partial charge >= 0.3 is 0 Å². The van der Waals surface area contributed by atoms with E-state index < -0.39 is 0 Å². The van der Waals surface area contributed by atoms with E-state index in [-0.39, 0.29) is 18.1 Å². The quantitative estimate of drug-likeness (QED) is 0.634. The van der Waals surface area contributed by atoms with Gasteiger partial charge in [-0.1, -0.05) is 18.2 Å². The molecule has 0 radical (unpaired) electrons. The van der Waals surface area contributed by atoms with Gasteiger partial charge in [-0.05, 0) is 53.9 Å². The van der Waals surface area contributed by atoms with Gasteiger partial charge < -0.3 is 14.8 Å². The normalized spacial score (nSPS) is 10.4. The lowest BCUT2D eigenvalue weighted by Crippen LogP contribution is -2.23. The van der Waals surface area contributed by atoms with Crippen LogP contribution in [0.1, 0.15) is 17.5 Å². The van der Waals surface area contributed by atoms with Gasteiger partial charge in [0.05, 0.1) is 7.11 Å². The Kier molecular flexibility index (Phi) is 6.57. The lowest BCUT2D eigenvalue weighted by molar-refractivity contribution is -0.121. The average Bonchev–Trinajstić information content (AvgIpc) is 2.72. The molecule has 0 atom stereocenters. The Balaban J connectivity index is 1.51. The van der Waals surface area contributed by atoms with Gasteiger partial charge in [-0.2, -0.15) is 0 Å². The maximum Gasteiger partial charge on any atom is 0.220 e. The average molecular weight is 380 g/mol. The van der Waals surface area contributed by atoms with Crippen molar-refractivity contribution in [3.05, 3.63) is 83.8 Å². The van der Waals surface area contributed by atoms with E-state index in [1.807, 2.05) is 0 Å². The van der Waals surface area contributed by atoms with Crippen LogP contribution in [-0.4, -0.2) is 18.0 Å². The number of hydrogen-bond donors (Lipinski definition) is 1. The van der Waals surface area contributed by atoms with Crippen LogP contribution in [0.4, 0.5) is 4.39 Å². The molecule has 1 N–H and O–H groups in total. The van der Waals surface area contributed by atoms with Crippen LogP contribution >= 0.6 is 0 Å². The lowest BCUT2D eigenvalue weighted by atomic mass is 10.1. The largest absolute Gasteiger partial charge is 0.497 e. The molecule has 0 fully saturated rings. The van der Waals surface area contributed by atoms with Crippen molar-refractivity contribution in [1.29, 1.82) is 0 Å². The fourth-order valence-corrected chi connectivity index (χ4v) is 2.62. The molecule has 3 aromatic rings. The minimum atomic E-state index is -0.287. The highest BCUT2D eigenvalue weighted by Crippen LogP contribution is 2.22. The van der Waals surface area contributed by atoms with Crippen LogP contribution in [0, 0.1) is 5.82 Å². The van der Waals surface area contributed by atoms with E-state index in [0.717, 1.165) is 11.3 Å². The van der Waals surface area contributed by atoms with E-state index in [0.29, 0.717) is 30.2 Å². The number of aromatic nitrogens is 1. The molecular formula is C22H21FN2O3. The van der Waals surface area contributed by atoms with E-state index >= 15 is 0 Å². The fraction of sp³-hybridized carbons (Fsp3) is 0.182. The Morgan fingerprint density at radius 2 is 1.82 bits per heavy atom. The van der Waals surface area contributed by atoms with Crippen molar-refractivity contribution in [2.45, 2.75) is 19.4 Å². The highest BCUT2D eigenvalue weighted by molar-refractivity contribution is 5.76. The number of nitrogens with one attached hydrogen (secondary N) is 1. The number of halogens is 1. The maximum absolute atomic E-state index is 13.6. The predicted molar refractivity (Wildman–Crippen MR) is 104 cm³/mol. The third kappa shape index (κ3) is 5.54. The summed E-state index contributed by atoms with van der Waals surface area (Å²) in [6, 6.07) is 17.2. The number of carbonyl (C=O) groups excluding carboxylic acids is 1. The second-order valence-electron chi connectivity index (χ2n) is 6.15. The van der Waals surface area contributed by atoms with Crippen molar-refractivity contribution in [1.82, 2.24) is 10.3 Å². The fourth-order valence-electron chi connectivity index (χ4n) is 2.62. The first-order valence-corrected chi connectivity index (χ1v) is 8.91. The van der Waals surface area contributed by atoms with Gasteiger partial charge in [0.1, 0.15) is 17.3 Å². The van der Waals surface area contributed by atoms with Crippen LogP contribution in [0.2, 0.25) is 0 Å². The highest BCUT2D eigenvalue weighted by Gasteiger charge is 2.07. The summed E-state index contributed by atoms with van der Waals surface area (Å²) in [6.45, 7) is 0.345. The van der Waals surface area contributed by atoms with Crippen molar-refractivity contribution in [2.75, 3.05) is 7.11 Å². The van der Waals surface area contributed by atoms with Gasteiger partial charge in [-0.15, -0.1) is 0 Å². The molecule has 2 aromatic carbocycles. The molecule has 5 nitrogen and oxygen atoms in total. The minimum Gasteiger partial charge on any atom is -0.497 e. The summed E-state index contributed by atoms with van der Waals surface area (Å²) in [7, 11) is 1.60. The minimum absolute atomic E-state index is 0.141. The second kappa shape index (κ2) is 9.50. The molecule has 3 rings (SSSR count). The van der Waals surface area contributed by atoms with Gasteiger partial charge in [-0.25, -0.2) is 9.37 Å². The van der Waals surface area contributed by atoms with Crippen molar-refractivity contribution in [2.24, 2.45) is 0 Å². The van der Waals surface area contributed by atoms with Crippen molar-refractivity contribution in [3.63, 3.8) is 0 Å². The maximum atomic E-state index is 13.6. The number of benzene rings is 2. The first-order chi connectivity index (χ1) is 13.6. The topological polar surface area (TPSA) is 60.5 Å². The molecule has 28 heavy (non-hydrogen) atoms. The summed E-state index contributed by atoms with van der Waals surface area (Å²) >= 11 is 0. The Bertz CT molecular complexity index is 929. The number of methoxy groups -OCH3 is 1. The van der Waals surface area contributed by atoms with Crippen LogP contribution < -0.4 is 14.8 Å². The number of ether oxygens (including phenoxy) is 2.